The Kier molecular flexibility index (Phi) is 25.0. The van der Waals surface area contributed by atoms with Gasteiger partial charge in [-0.05, 0) is 158 Å². The molecule has 1 saturated heterocycles. The van der Waals surface area contributed by atoms with Crippen molar-refractivity contribution in [2.24, 2.45) is 0 Å². The first-order chi connectivity index (χ1) is 56.1. The number of fused-ring (bicyclic) bond motifs is 12. The summed E-state index contributed by atoms with van der Waals surface area (Å²) in [5, 5.41) is 2.68. The fraction of sp³-hybridized carbons (Fsp3) is 0.185. The van der Waals surface area contributed by atoms with Gasteiger partial charge in [-0.3, -0.25) is 9.05 Å². The lowest BCUT2D eigenvalue weighted by Gasteiger charge is -2.31. The van der Waals surface area contributed by atoms with Crippen LogP contribution >= 0.6 is 19.6 Å². The van der Waals surface area contributed by atoms with Crippen LogP contribution in [-0.4, -0.2) is 117 Å². The molecule has 586 valence electrons. The number of ether oxygens (including phenoxy) is 6. The van der Waals surface area contributed by atoms with Crippen molar-refractivity contribution in [3.05, 3.63) is 336 Å². The van der Waals surface area contributed by atoms with Crippen molar-refractivity contribution in [3.8, 4) is 40.0 Å². The third-order valence-electron chi connectivity index (χ3n) is 19.3. The molecular formula is C92H89N8O13PS. The molecule has 0 spiro atoms. The number of phosphoric acid groups is 1. The Labute approximate surface area is 673 Å². The topological polar surface area (TPSA) is 193 Å². The standard InChI is InChI=1S/C24H23N3O3.C24H24N2O3.C22H20N2O3.C22H22NO4PS/c1-25-14-16-26(17-15-25)24(28)30-23-20-11-7-13-27(20)19-10-5-6-12-21(19)29-22(23)18-8-3-2-4-9-18;1-4-25(5-2)24(27)29-23-20-10-8-16-26(20)19-9-6-7-11-21(19)28-22(23)18-14-12-17(3)13-15-18;1-3-23-22(25)27-21-18-8-6-14-24(18)17-7-4-5-9-19(17)26-20(21)16-12-10-15(2)11-13-16;1-3-25-28(24,26-4-2)27-21-19-14-10-16-23(19)18-13-8-9-15-20(18)29-22(21)17-11-6-5-7-12-17/h2-13H,14-17H2,1H3;6-16H,4-5H2,1-3H3;4-14H,3H2,1-2H3,(H,23,25);5-16H,3-4H2,1-2H3. The van der Waals surface area contributed by atoms with Crippen LogP contribution < -0.4 is 19.5 Å². The van der Waals surface area contributed by atoms with E-state index in [2.05, 4.69) is 29.4 Å². The molecule has 9 heterocycles. The van der Waals surface area contributed by atoms with Crippen LogP contribution in [-0.2, 0) is 32.3 Å². The first-order valence-electron chi connectivity index (χ1n) is 38.3. The SMILES string of the molecule is CCN(CC)C(=O)OC1=C(c2ccc(C)cc2)Oc2ccccc2-n2cccc21.CCNC(=O)OC1=C(c2ccc(C)cc2)Oc2ccccc2-n2cccc21.CCOP(=O)(OCC)OC1=C(c2ccccc2)Sc2ccccc2-n2cccc21.CN1CCN(C(=O)OC2=C(c3ccccc3)Oc3ccccc3-n3cccc32)CC1. The minimum Gasteiger partial charge on any atom is -0.451 e. The lowest BCUT2D eigenvalue weighted by molar-refractivity contribution is 0.113. The average molecular weight is 1580 g/mol. The summed E-state index contributed by atoms with van der Waals surface area (Å²) in [6, 6.07) is 82.6. The summed E-state index contributed by atoms with van der Waals surface area (Å²) in [6.07, 6.45) is 6.54. The molecule has 1 N–H and O–H groups in total. The second-order valence-corrected chi connectivity index (χ2v) is 29.6. The number of benzene rings is 8. The quantitative estimate of drug-likeness (QED) is 0.0709. The molecule has 23 heteroatoms. The minimum absolute atomic E-state index is 0.222. The Bertz CT molecular complexity index is 5630. The van der Waals surface area contributed by atoms with Gasteiger partial charge < -0.3 is 71.2 Å². The molecule has 21 nitrogen and oxygen atoms in total. The van der Waals surface area contributed by atoms with E-state index in [9.17, 15) is 18.9 Å². The number of aromatic nitrogens is 4. The molecule has 4 aromatic heterocycles. The number of para-hydroxylation sites is 7. The van der Waals surface area contributed by atoms with Crippen molar-refractivity contribution in [3.63, 3.8) is 0 Å². The smallest absolute Gasteiger partial charge is 0.451 e. The van der Waals surface area contributed by atoms with Gasteiger partial charge in [-0.25, -0.2) is 18.9 Å². The Morgan fingerprint density at radius 1 is 0.426 bits per heavy atom. The summed E-state index contributed by atoms with van der Waals surface area (Å²) in [5.74, 6) is 5.36. The third-order valence-corrected chi connectivity index (χ3v) is 22.0. The highest BCUT2D eigenvalue weighted by Crippen LogP contribution is 2.57. The molecule has 1 fully saturated rings. The molecule has 0 atom stereocenters. The van der Waals surface area contributed by atoms with Crippen LogP contribution in [0.15, 0.2) is 284 Å². The number of nitrogens with one attached hydrogen (secondary N) is 1. The molecular weight excluding hydrogens is 1490 g/mol. The molecule has 115 heavy (non-hydrogen) atoms. The average Bonchev–Trinajstić information content (AvgIpc) is 1.64. The summed E-state index contributed by atoms with van der Waals surface area (Å²) in [7, 11) is -1.72. The zero-order valence-electron chi connectivity index (χ0n) is 65.2. The van der Waals surface area contributed by atoms with Gasteiger partial charge in [0, 0.05) is 92.2 Å². The molecule has 12 aromatic rings. The number of hydrogen-bond donors (Lipinski definition) is 1. The number of amides is 3. The van der Waals surface area contributed by atoms with Crippen molar-refractivity contribution >= 4 is 83.1 Å². The number of phosphoric ester groups is 1. The van der Waals surface area contributed by atoms with E-state index in [1.165, 1.54) is 0 Å². The van der Waals surface area contributed by atoms with E-state index in [-0.39, 0.29) is 19.3 Å². The van der Waals surface area contributed by atoms with Crippen LogP contribution in [0.4, 0.5) is 14.4 Å². The first-order valence-corrected chi connectivity index (χ1v) is 40.6. The lowest BCUT2D eigenvalue weighted by Crippen LogP contribution is -2.47. The maximum Gasteiger partial charge on any atom is 0.530 e. The number of rotatable bonds is 16. The van der Waals surface area contributed by atoms with Crippen LogP contribution in [0.2, 0.25) is 0 Å². The van der Waals surface area contributed by atoms with Crippen LogP contribution in [0.3, 0.4) is 0 Å². The van der Waals surface area contributed by atoms with Gasteiger partial charge in [0.15, 0.2) is 57.6 Å². The summed E-state index contributed by atoms with van der Waals surface area (Å²) in [6.45, 7) is 18.3. The molecule has 0 unspecified atom stereocenters. The van der Waals surface area contributed by atoms with Gasteiger partial charge in [-0.2, -0.15) is 0 Å². The number of aryl methyl sites for hydroxylation is 2. The van der Waals surface area contributed by atoms with E-state index in [1.807, 2.05) is 320 Å². The number of piperazine rings is 1. The number of thioether (sulfide) groups is 1. The zero-order chi connectivity index (χ0) is 80.0. The van der Waals surface area contributed by atoms with E-state index in [4.69, 9.17) is 42.0 Å². The monoisotopic (exact) mass is 1580 g/mol. The molecule has 3 amide bonds. The summed E-state index contributed by atoms with van der Waals surface area (Å²) >= 11 is 1.58. The Hall–Kier alpha value is -12.7. The van der Waals surface area contributed by atoms with Crippen LogP contribution in [0.5, 0.6) is 17.2 Å². The number of carbonyl (C=O) groups excluding carboxylic acids is 3. The number of hydrogen-bond acceptors (Lipinski definition) is 15. The van der Waals surface area contributed by atoms with E-state index >= 15 is 0 Å². The van der Waals surface area contributed by atoms with Gasteiger partial charge in [0.05, 0.1) is 63.6 Å². The Morgan fingerprint density at radius 2 is 0.809 bits per heavy atom. The highest BCUT2D eigenvalue weighted by molar-refractivity contribution is 8.08. The van der Waals surface area contributed by atoms with Gasteiger partial charge in [0.1, 0.15) is 0 Å². The number of likely N-dealkylation sites (N-methyl/N-ethyl adjacent to an activating group) is 1. The maximum atomic E-state index is 13.3. The molecule has 0 radical (unpaired) electrons. The summed E-state index contributed by atoms with van der Waals surface area (Å²) in [4.78, 5) is 45.6. The fourth-order valence-electron chi connectivity index (χ4n) is 13.5. The van der Waals surface area contributed by atoms with Gasteiger partial charge in [0.2, 0.25) is 0 Å². The van der Waals surface area contributed by atoms with Crippen LogP contribution in [0, 0.1) is 13.8 Å². The number of alkyl carbamates (subject to hydrolysis) is 1. The van der Waals surface area contributed by atoms with E-state index in [0.717, 1.165) is 102 Å². The van der Waals surface area contributed by atoms with Crippen molar-refractivity contribution in [1.29, 1.82) is 0 Å². The zero-order valence-corrected chi connectivity index (χ0v) is 66.9. The number of carbonyl (C=O) groups is 3. The lowest BCUT2D eigenvalue weighted by atomic mass is 10.1. The van der Waals surface area contributed by atoms with E-state index < -0.39 is 20.0 Å². The molecule has 0 saturated carbocycles. The van der Waals surface area contributed by atoms with Crippen molar-refractivity contribution in [2.75, 3.05) is 66.1 Å². The second kappa shape index (κ2) is 36.4. The van der Waals surface area contributed by atoms with Crippen LogP contribution in [0.25, 0.3) is 68.0 Å². The predicted octanol–water partition coefficient (Wildman–Crippen LogP) is 20.9. The molecule has 17 rings (SSSR count). The Balaban J connectivity index is 0.000000127. The van der Waals surface area contributed by atoms with Gasteiger partial charge >= 0.3 is 26.1 Å². The highest BCUT2D eigenvalue weighted by Gasteiger charge is 2.36. The molecule has 8 aromatic carbocycles. The van der Waals surface area contributed by atoms with Crippen molar-refractivity contribution < 1.29 is 60.9 Å². The normalized spacial score (nSPS) is 13.8. The molecule has 0 aliphatic carbocycles. The van der Waals surface area contributed by atoms with E-state index in [0.29, 0.717) is 90.3 Å². The predicted molar refractivity (Wildman–Crippen MR) is 450 cm³/mol. The first kappa shape index (κ1) is 79.0. The molecule has 0 bridgehead atoms. The van der Waals surface area contributed by atoms with E-state index in [1.54, 1.807) is 35.4 Å². The second-order valence-electron chi connectivity index (χ2n) is 26.9. The summed E-state index contributed by atoms with van der Waals surface area (Å²) in [5.41, 5.74) is 12.6. The number of nitrogens with zero attached hydrogens (tertiary/aromatic N) is 7. The van der Waals surface area contributed by atoms with Gasteiger partial charge in [-0.15, -0.1) is 0 Å². The molecule has 5 aliphatic heterocycles. The summed E-state index contributed by atoms with van der Waals surface area (Å²) < 4.78 is 74.8. The van der Waals surface area contributed by atoms with Gasteiger partial charge in [-0.1, -0.05) is 181 Å². The fourth-order valence-corrected chi connectivity index (χ4v) is 15.9. The third kappa shape index (κ3) is 17.7. The van der Waals surface area contributed by atoms with Crippen molar-refractivity contribution in [2.45, 2.75) is 53.4 Å². The highest BCUT2D eigenvalue weighted by atomic mass is 32.2. The van der Waals surface area contributed by atoms with Crippen LogP contribution in [0.1, 0.15) is 90.8 Å². The maximum absolute atomic E-state index is 13.3. The van der Waals surface area contributed by atoms with Gasteiger partial charge in [0.25, 0.3) is 0 Å². The Morgan fingerprint density at radius 3 is 1.25 bits per heavy atom. The minimum atomic E-state index is -3.78. The molecule has 5 aliphatic rings. The largest absolute Gasteiger partial charge is 0.530 e. The van der Waals surface area contributed by atoms with Crippen molar-refractivity contribution in [1.82, 2.24) is 38.3 Å².